The van der Waals surface area contributed by atoms with Gasteiger partial charge in [-0.2, -0.15) is 5.26 Å². The highest BCUT2D eigenvalue weighted by molar-refractivity contribution is 5.67. The smallest absolute Gasteiger partial charge is 0.126 e. The maximum absolute atomic E-state index is 8.94. The lowest BCUT2D eigenvalue weighted by Gasteiger charge is -2.27. The number of hydrogen-bond acceptors (Lipinski definition) is 3. The summed E-state index contributed by atoms with van der Waals surface area (Å²) in [5, 5.41) is 8.94. The summed E-state index contributed by atoms with van der Waals surface area (Å²) in [7, 11) is 0. The molecule has 0 atom stereocenters. The molecular weight excluding hydrogens is 176 g/mol. The van der Waals surface area contributed by atoms with Crippen LogP contribution >= 0.6 is 0 Å². The second-order valence-electron chi connectivity index (χ2n) is 3.63. The molecule has 3 N–H and O–H groups in total. The zero-order valence-corrected chi connectivity index (χ0v) is 8.08. The molecule has 1 aromatic rings. The predicted molar refractivity (Wildman–Crippen MR) is 56.0 cm³/mol. The standard InChI is InChI=1S/C10H14N4/c11-6-8-9(12)7-13-10(8)14-4-2-1-3-5-14/h7,13H,1-5,12H2. The van der Waals surface area contributed by atoms with Crippen molar-refractivity contribution in [1.82, 2.24) is 4.98 Å². The Morgan fingerprint density at radius 1 is 1.36 bits per heavy atom. The Kier molecular flexibility index (Phi) is 2.32. The lowest BCUT2D eigenvalue weighted by Crippen LogP contribution is -2.30. The highest BCUT2D eigenvalue weighted by Crippen LogP contribution is 2.26. The van der Waals surface area contributed by atoms with E-state index in [-0.39, 0.29) is 0 Å². The summed E-state index contributed by atoms with van der Waals surface area (Å²) in [4.78, 5) is 5.28. The number of aromatic amines is 1. The molecule has 1 aliphatic heterocycles. The number of anilines is 2. The molecule has 0 saturated carbocycles. The minimum absolute atomic E-state index is 0.549. The number of rotatable bonds is 1. The SMILES string of the molecule is N#Cc1c(N)c[nH]c1N1CCCCC1. The number of hydrogen-bond donors (Lipinski definition) is 2. The van der Waals surface area contributed by atoms with E-state index in [9.17, 15) is 0 Å². The Morgan fingerprint density at radius 3 is 2.71 bits per heavy atom. The fourth-order valence-electron chi connectivity index (χ4n) is 1.91. The van der Waals surface area contributed by atoms with Gasteiger partial charge in [0.1, 0.15) is 17.5 Å². The lowest BCUT2D eigenvalue weighted by molar-refractivity contribution is 0.574. The highest BCUT2D eigenvalue weighted by atomic mass is 15.2. The van der Waals surface area contributed by atoms with Crippen molar-refractivity contribution >= 4 is 11.5 Å². The summed E-state index contributed by atoms with van der Waals surface area (Å²) >= 11 is 0. The molecule has 0 aromatic carbocycles. The third kappa shape index (κ3) is 1.41. The topological polar surface area (TPSA) is 68.8 Å². The molecule has 1 saturated heterocycles. The van der Waals surface area contributed by atoms with E-state index in [0.29, 0.717) is 11.3 Å². The molecule has 1 fully saturated rings. The molecule has 2 heterocycles. The van der Waals surface area contributed by atoms with Crippen LogP contribution < -0.4 is 10.6 Å². The van der Waals surface area contributed by atoms with Crippen molar-refractivity contribution < 1.29 is 0 Å². The van der Waals surface area contributed by atoms with E-state index in [2.05, 4.69) is 16.0 Å². The van der Waals surface area contributed by atoms with E-state index in [1.54, 1.807) is 6.20 Å². The number of nitrogens with two attached hydrogens (primary N) is 1. The first kappa shape index (κ1) is 8.95. The summed E-state index contributed by atoms with van der Waals surface area (Å²) in [5.74, 6) is 0.893. The van der Waals surface area contributed by atoms with E-state index in [4.69, 9.17) is 11.0 Å². The molecule has 2 rings (SSSR count). The molecule has 0 spiro atoms. The van der Waals surface area contributed by atoms with Crippen LogP contribution in [0, 0.1) is 11.3 Å². The molecule has 0 bridgehead atoms. The monoisotopic (exact) mass is 190 g/mol. The summed E-state index contributed by atoms with van der Waals surface area (Å²) in [6.45, 7) is 2.04. The second kappa shape index (κ2) is 3.62. The van der Waals surface area contributed by atoms with Crippen LogP contribution in [-0.4, -0.2) is 18.1 Å². The van der Waals surface area contributed by atoms with Crippen LogP contribution in [0.2, 0.25) is 0 Å². The maximum atomic E-state index is 8.94. The highest BCUT2D eigenvalue weighted by Gasteiger charge is 2.17. The molecule has 0 unspecified atom stereocenters. The van der Waals surface area contributed by atoms with Crippen LogP contribution in [0.3, 0.4) is 0 Å². The van der Waals surface area contributed by atoms with Crippen molar-refractivity contribution in [3.8, 4) is 6.07 Å². The number of nitrogens with zero attached hydrogens (tertiary/aromatic N) is 2. The molecule has 4 heteroatoms. The predicted octanol–water partition coefficient (Wildman–Crippen LogP) is 1.46. The fourth-order valence-corrected chi connectivity index (χ4v) is 1.91. The Hall–Kier alpha value is -1.63. The first-order chi connectivity index (χ1) is 6.83. The van der Waals surface area contributed by atoms with E-state index >= 15 is 0 Å². The summed E-state index contributed by atoms with van der Waals surface area (Å²) < 4.78 is 0. The Morgan fingerprint density at radius 2 is 2.07 bits per heavy atom. The van der Waals surface area contributed by atoms with Gasteiger partial charge in [-0.25, -0.2) is 0 Å². The van der Waals surface area contributed by atoms with Gasteiger partial charge in [-0.3, -0.25) is 0 Å². The number of nitrogen functional groups attached to an aromatic ring is 1. The number of H-pyrrole nitrogens is 1. The Labute approximate surface area is 83.3 Å². The summed E-state index contributed by atoms with van der Waals surface area (Å²) in [6, 6.07) is 2.14. The van der Waals surface area contributed by atoms with Gasteiger partial charge in [0.25, 0.3) is 0 Å². The normalized spacial score (nSPS) is 16.6. The molecule has 0 amide bonds. The van der Waals surface area contributed by atoms with Crippen molar-refractivity contribution in [2.24, 2.45) is 0 Å². The van der Waals surface area contributed by atoms with Crippen LogP contribution in [-0.2, 0) is 0 Å². The molecule has 74 valence electrons. The minimum Gasteiger partial charge on any atom is -0.396 e. The molecule has 4 nitrogen and oxygen atoms in total. The number of piperidine rings is 1. The average Bonchev–Trinajstić information content (AvgIpc) is 2.61. The number of aromatic nitrogens is 1. The molecule has 1 aromatic heterocycles. The van der Waals surface area contributed by atoms with Crippen LogP contribution in [0.5, 0.6) is 0 Å². The van der Waals surface area contributed by atoms with Gasteiger partial charge in [0.2, 0.25) is 0 Å². The molecule has 1 aliphatic rings. The largest absolute Gasteiger partial charge is 0.396 e. The van der Waals surface area contributed by atoms with Gasteiger partial charge in [-0.15, -0.1) is 0 Å². The van der Waals surface area contributed by atoms with Gasteiger partial charge >= 0.3 is 0 Å². The van der Waals surface area contributed by atoms with E-state index in [1.165, 1.54) is 19.3 Å². The molecule has 0 radical (unpaired) electrons. The Balaban J connectivity index is 2.26. The fraction of sp³-hybridized carbons (Fsp3) is 0.500. The van der Waals surface area contributed by atoms with Crippen molar-refractivity contribution in [1.29, 1.82) is 5.26 Å². The van der Waals surface area contributed by atoms with E-state index in [0.717, 1.165) is 18.9 Å². The van der Waals surface area contributed by atoms with Gasteiger partial charge < -0.3 is 15.6 Å². The zero-order chi connectivity index (χ0) is 9.97. The molecule has 0 aliphatic carbocycles. The second-order valence-corrected chi connectivity index (χ2v) is 3.63. The van der Waals surface area contributed by atoms with Gasteiger partial charge in [-0.05, 0) is 19.3 Å². The van der Waals surface area contributed by atoms with Crippen molar-refractivity contribution in [3.05, 3.63) is 11.8 Å². The van der Waals surface area contributed by atoms with Crippen molar-refractivity contribution in [2.45, 2.75) is 19.3 Å². The quantitative estimate of drug-likeness (QED) is 0.704. The van der Waals surface area contributed by atoms with Gasteiger partial charge in [0.05, 0.1) is 5.69 Å². The van der Waals surface area contributed by atoms with E-state index in [1.807, 2.05) is 0 Å². The first-order valence-corrected chi connectivity index (χ1v) is 4.95. The van der Waals surface area contributed by atoms with Gasteiger partial charge in [0, 0.05) is 19.3 Å². The number of nitriles is 1. The maximum Gasteiger partial charge on any atom is 0.126 e. The van der Waals surface area contributed by atoms with Crippen LogP contribution in [0.15, 0.2) is 6.20 Å². The lowest BCUT2D eigenvalue weighted by atomic mass is 10.1. The van der Waals surface area contributed by atoms with Crippen LogP contribution in [0.25, 0.3) is 0 Å². The first-order valence-electron chi connectivity index (χ1n) is 4.95. The minimum atomic E-state index is 0.549. The van der Waals surface area contributed by atoms with E-state index < -0.39 is 0 Å². The zero-order valence-electron chi connectivity index (χ0n) is 8.08. The summed E-state index contributed by atoms with van der Waals surface area (Å²) in [6.07, 6.45) is 5.38. The summed E-state index contributed by atoms with van der Waals surface area (Å²) in [5.41, 5.74) is 6.82. The van der Waals surface area contributed by atoms with Crippen LogP contribution in [0.4, 0.5) is 11.5 Å². The van der Waals surface area contributed by atoms with Gasteiger partial charge in [0.15, 0.2) is 0 Å². The molecular formula is C10H14N4. The van der Waals surface area contributed by atoms with Crippen LogP contribution in [0.1, 0.15) is 24.8 Å². The third-order valence-corrected chi connectivity index (χ3v) is 2.67. The Bertz CT molecular complexity index is 355. The average molecular weight is 190 g/mol. The number of nitrogens with one attached hydrogen (secondary N) is 1. The molecule has 14 heavy (non-hydrogen) atoms. The third-order valence-electron chi connectivity index (χ3n) is 2.67. The van der Waals surface area contributed by atoms with Gasteiger partial charge in [-0.1, -0.05) is 0 Å². The van der Waals surface area contributed by atoms with Crippen molar-refractivity contribution in [3.63, 3.8) is 0 Å². The van der Waals surface area contributed by atoms with Crippen molar-refractivity contribution in [2.75, 3.05) is 23.7 Å².